The van der Waals surface area contributed by atoms with E-state index in [2.05, 4.69) is 16.2 Å². The minimum absolute atomic E-state index is 0.0267. The molecule has 2 aromatic rings. The zero-order chi connectivity index (χ0) is 18.2. The summed E-state index contributed by atoms with van der Waals surface area (Å²) in [6.07, 6.45) is 0. The highest BCUT2D eigenvalue weighted by atomic mass is 35.5. The number of thiocarbonyl (C=S) groups is 1. The summed E-state index contributed by atoms with van der Waals surface area (Å²) in [5, 5.41) is 2.97. The SMILES string of the molecule is CCOc1ccc(C(=O)NC(=S)NNC(=O)c2ccc(Cl)cc2)cc1. The molecule has 0 heterocycles. The third kappa shape index (κ3) is 5.74. The Labute approximate surface area is 155 Å². The second kappa shape index (κ2) is 9.00. The van der Waals surface area contributed by atoms with E-state index in [1.54, 1.807) is 48.5 Å². The van der Waals surface area contributed by atoms with E-state index in [1.807, 2.05) is 6.92 Å². The van der Waals surface area contributed by atoms with E-state index in [4.69, 9.17) is 28.6 Å². The Hall–Kier alpha value is -2.64. The molecular formula is C17H16ClN3O3S. The molecule has 8 heteroatoms. The Morgan fingerprint density at radius 3 is 2.12 bits per heavy atom. The number of rotatable bonds is 4. The number of hydrogen-bond donors (Lipinski definition) is 3. The number of carbonyl (C=O) groups excluding carboxylic acids is 2. The van der Waals surface area contributed by atoms with Crippen molar-refractivity contribution in [3.05, 3.63) is 64.7 Å². The first-order valence-corrected chi connectivity index (χ1v) is 8.18. The Bertz CT molecular complexity index is 764. The molecule has 6 nitrogen and oxygen atoms in total. The highest BCUT2D eigenvalue weighted by molar-refractivity contribution is 7.80. The van der Waals surface area contributed by atoms with Crippen LogP contribution < -0.4 is 20.9 Å². The molecule has 0 aliphatic heterocycles. The highest BCUT2D eigenvalue weighted by Gasteiger charge is 2.09. The molecule has 0 saturated carbocycles. The molecule has 0 spiro atoms. The lowest BCUT2D eigenvalue weighted by Crippen LogP contribution is -2.48. The first kappa shape index (κ1) is 18.7. The zero-order valence-electron chi connectivity index (χ0n) is 13.3. The molecule has 2 aromatic carbocycles. The fourth-order valence-corrected chi connectivity index (χ4v) is 2.13. The number of halogens is 1. The molecule has 0 radical (unpaired) electrons. The maximum Gasteiger partial charge on any atom is 0.269 e. The average molecular weight is 378 g/mol. The van der Waals surface area contributed by atoms with Gasteiger partial charge in [0.15, 0.2) is 5.11 Å². The fourth-order valence-electron chi connectivity index (χ4n) is 1.86. The Balaban J connectivity index is 1.83. The molecule has 0 atom stereocenters. The van der Waals surface area contributed by atoms with Gasteiger partial charge in [-0.25, -0.2) is 0 Å². The number of nitrogens with one attached hydrogen (secondary N) is 3. The van der Waals surface area contributed by atoms with Gasteiger partial charge >= 0.3 is 0 Å². The molecule has 0 saturated heterocycles. The minimum atomic E-state index is -0.408. The smallest absolute Gasteiger partial charge is 0.269 e. The number of ether oxygens (including phenoxy) is 1. The van der Waals surface area contributed by atoms with E-state index in [1.165, 1.54) is 0 Å². The van der Waals surface area contributed by atoms with Gasteiger partial charge in [-0.05, 0) is 67.7 Å². The van der Waals surface area contributed by atoms with Crippen molar-refractivity contribution < 1.29 is 14.3 Å². The van der Waals surface area contributed by atoms with Gasteiger partial charge in [-0.1, -0.05) is 11.6 Å². The summed E-state index contributed by atoms with van der Waals surface area (Å²) in [5.74, 6) is -0.134. The van der Waals surface area contributed by atoms with Crippen LogP contribution in [0.1, 0.15) is 27.6 Å². The van der Waals surface area contributed by atoms with Crippen LogP contribution in [-0.4, -0.2) is 23.5 Å². The summed E-state index contributed by atoms with van der Waals surface area (Å²) in [5.41, 5.74) is 5.68. The number of benzene rings is 2. The van der Waals surface area contributed by atoms with E-state index in [0.717, 1.165) is 0 Å². The molecule has 0 aliphatic rings. The molecule has 0 aromatic heterocycles. The maximum atomic E-state index is 12.1. The highest BCUT2D eigenvalue weighted by Crippen LogP contribution is 2.12. The van der Waals surface area contributed by atoms with Gasteiger partial charge in [0, 0.05) is 16.1 Å². The van der Waals surface area contributed by atoms with Gasteiger partial charge in [0.2, 0.25) is 0 Å². The predicted molar refractivity (Wildman–Crippen MR) is 99.7 cm³/mol. The third-order valence-corrected chi connectivity index (χ3v) is 3.51. The predicted octanol–water partition coefficient (Wildman–Crippen LogP) is 2.69. The zero-order valence-corrected chi connectivity index (χ0v) is 14.9. The van der Waals surface area contributed by atoms with Gasteiger partial charge in [-0.15, -0.1) is 0 Å². The summed E-state index contributed by atoms with van der Waals surface area (Å²) in [7, 11) is 0. The van der Waals surface area contributed by atoms with Crippen molar-refractivity contribution in [3.63, 3.8) is 0 Å². The van der Waals surface area contributed by atoms with Crippen LogP contribution in [0, 0.1) is 0 Å². The first-order valence-electron chi connectivity index (χ1n) is 7.39. The lowest BCUT2D eigenvalue weighted by molar-refractivity contribution is 0.0934. The Kier molecular flexibility index (Phi) is 6.73. The number of carbonyl (C=O) groups is 2. The summed E-state index contributed by atoms with van der Waals surface area (Å²) in [6, 6.07) is 13.0. The quantitative estimate of drug-likeness (QED) is 0.564. The van der Waals surface area contributed by atoms with Crippen molar-refractivity contribution in [3.8, 4) is 5.75 Å². The fraction of sp³-hybridized carbons (Fsp3) is 0.118. The molecule has 0 aliphatic carbocycles. The molecule has 3 N–H and O–H groups in total. The molecule has 2 rings (SSSR count). The molecule has 0 fully saturated rings. The average Bonchev–Trinajstić information content (AvgIpc) is 2.61. The summed E-state index contributed by atoms with van der Waals surface area (Å²) < 4.78 is 5.31. The minimum Gasteiger partial charge on any atom is -0.494 e. The van der Waals surface area contributed by atoms with Crippen LogP contribution in [0.3, 0.4) is 0 Å². The van der Waals surface area contributed by atoms with Gasteiger partial charge in [0.25, 0.3) is 11.8 Å². The van der Waals surface area contributed by atoms with E-state index >= 15 is 0 Å². The normalized spacial score (nSPS) is 9.84. The maximum absolute atomic E-state index is 12.1. The lowest BCUT2D eigenvalue weighted by Gasteiger charge is -2.11. The van der Waals surface area contributed by atoms with Crippen molar-refractivity contribution in [2.24, 2.45) is 0 Å². The van der Waals surface area contributed by atoms with Crippen LogP contribution in [0.4, 0.5) is 0 Å². The topological polar surface area (TPSA) is 79.5 Å². The second-order valence-electron chi connectivity index (χ2n) is 4.83. The lowest BCUT2D eigenvalue weighted by atomic mass is 10.2. The van der Waals surface area contributed by atoms with Crippen LogP contribution in [0.25, 0.3) is 0 Å². The summed E-state index contributed by atoms with van der Waals surface area (Å²) in [4.78, 5) is 24.0. The monoisotopic (exact) mass is 377 g/mol. The van der Waals surface area contributed by atoms with Gasteiger partial charge < -0.3 is 4.74 Å². The molecular weight excluding hydrogens is 362 g/mol. The summed E-state index contributed by atoms with van der Waals surface area (Å²) >= 11 is 10.7. The number of amides is 2. The summed E-state index contributed by atoms with van der Waals surface area (Å²) in [6.45, 7) is 2.43. The van der Waals surface area contributed by atoms with E-state index in [-0.39, 0.29) is 5.11 Å². The van der Waals surface area contributed by atoms with Crippen molar-refractivity contribution in [1.29, 1.82) is 0 Å². The first-order chi connectivity index (χ1) is 12.0. The van der Waals surface area contributed by atoms with Crippen LogP contribution >= 0.6 is 23.8 Å². The molecule has 2 amide bonds. The van der Waals surface area contributed by atoms with Crippen LogP contribution in [0.5, 0.6) is 5.75 Å². The number of hydrazine groups is 1. The third-order valence-electron chi connectivity index (χ3n) is 3.05. The van der Waals surface area contributed by atoms with E-state index in [9.17, 15) is 9.59 Å². The molecule has 0 unspecified atom stereocenters. The number of hydrogen-bond acceptors (Lipinski definition) is 4. The van der Waals surface area contributed by atoms with Crippen molar-refractivity contribution in [1.82, 2.24) is 16.2 Å². The Morgan fingerprint density at radius 1 is 0.960 bits per heavy atom. The van der Waals surface area contributed by atoms with Crippen LogP contribution in [0.15, 0.2) is 48.5 Å². The molecule has 0 bridgehead atoms. The van der Waals surface area contributed by atoms with Gasteiger partial charge in [0.1, 0.15) is 5.75 Å². The molecule has 25 heavy (non-hydrogen) atoms. The van der Waals surface area contributed by atoms with Gasteiger partial charge in [0.05, 0.1) is 6.61 Å². The van der Waals surface area contributed by atoms with Crippen molar-refractivity contribution in [2.45, 2.75) is 6.92 Å². The van der Waals surface area contributed by atoms with Crippen LogP contribution in [0.2, 0.25) is 5.02 Å². The Morgan fingerprint density at radius 2 is 1.52 bits per heavy atom. The standard InChI is InChI=1S/C17H16ClN3O3S/c1-2-24-14-9-5-11(6-10-14)15(22)19-17(25)21-20-16(23)12-3-7-13(18)8-4-12/h3-10H,2H2,1H3,(H,20,23)(H2,19,21,22,25). The van der Waals surface area contributed by atoms with E-state index in [0.29, 0.717) is 28.5 Å². The second-order valence-corrected chi connectivity index (χ2v) is 5.67. The van der Waals surface area contributed by atoms with Crippen LogP contribution in [-0.2, 0) is 0 Å². The largest absolute Gasteiger partial charge is 0.494 e. The molecule has 130 valence electrons. The van der Waals surface area contributed by atoms with E-state index < -0.39 is 11.8 Å². The van der Waals surface area contributed by atoms with Crippen molar-refractivity contribution in [2.75, 3.05) is 6.61 Å². The van der Waals surface area contributed by atoms with Crippen molar-refractivity contribution >= 4 is 40.7 Å². The van der Waals surface area contributed by atoms with Gasteiger partial charge in [-0.2, -0.15) is 0 Å². The van der Waals surface area contributed by atoms with Gasteiger partial charge in [-0.3, -0.25) is 25.8 Å².